The number of nitrogens with one attached hydrogen (secondary N) is 1. The van der Waals surface area contributed by atoms with Crippen molar-refractivity contribution < 1.29 is 14.3 Å². The third-order valence-electron chi connectivity index (χ3n) is 2.09. The fraction of sp³-hybridized carbons (Fsp3) is 0.300. The first-order valence-electron chi connectivity index (χ1n) is 4.41. The fourth-order valence-corrected chi connectivity index (χ4v) is 1.45. The fourth-order valence-electron chi connectivity index (χ4n) is 1.45. The summed E-state index contributed by atoms with van der Waals surface area (Å²) < 4.78 is 10.1. The average Bonchev–Trinajstić information content (AvgIpc) is 2.27. The predicted octanol–water partition coefficient (Wildman–Crippen LogP) is 1.28. The molecule has 0 saturated carbocycles. The number of anilines is 1. The van der Waals surface area contributed by atoms with E-state index in [1.165, 1.54) is 7.11 Å². The summed E-state index contributed by atoms with van der Waals surface area (Å²) in [6, 6.07) is 5.32. The molecule has 1 aliphatic heterocycles. The van der Waals surface area contributed by atoms with Crippen LogP contribution >= 0.6 is 0 Å². The second kappa shape index (κ2) is 3.57. The van der Waals surface area contributed by atoms with Crippen molar-refractivity contribution in [3.63, 3.8) is 0 Å². The zero-order valence-corrected chi connectivity index (χ0v) is 7.87. The van der Waals surface area contributed by atoms with Crippen molar-refractivity contribution in [2.45, 2.75) is 0 Å². The van der Waals surface area contributed by atoms with E-state index in [9.17, 15) is 4.79 Å². The summed E-state index contributed by atoms with van der Waals surface area (Å²) in [5.74, 6) is 0.360. The quantitative estimate of drug-likeness (QED) is 0.682. The van der Waals surface area contributed by atoms with Gasteiger partial charge in [-0.25, -0.2) is 4.79 Å². The summed E-state index contributed by atoms with van der Waals surface area (Å²) in [6.07, 6.45) is 0. The molecular formula is C10H11NO3. The number of para-hydroxylation sites is 1. The SMILES string of the molecule is COC(=O)c1cccc2c1NCCO2. The number of benzene rings is 1. The highest BCUT2D eigenvalue weighted by Crippen LogP contribution is 2.30. The van der Waals surface area contributed by atoms with Gasteiger partial charge in [0.25, 0.3) is 0 Å². The highest BCUT2D eigenvalue weighted by atomic mass is 16.5. The lowest BCUT2D eigenvalue weighted by Crippen LogP contribution is -2.20. The Bertz CT molecular complexity index is 362. The first kappa shape index (κ1) is 8.87. The van der Waals surface area contributed by atoms with E-state index >= 15 is 0 Å². The maximum atomic E-state index is 11.4. The maximum Gasteiger partial charge on any atom is 0.340 e. The summed E-state index contributed by atoms with van der Waals surface area (Å²) >= 11 is 0. The van der Waals surface area contributed by atoms with Crippen LogP contribution in [0.2, 0.25) is 0 Å². The van der Waals surface area contributed by atoms with E-state index in [1.54, 1.807) is 12.1 Å². The molecule has 4 heteroatoms. The Kier molecular flexibility index (Phi) is 2.26. The van der Waals surface area contributed by atoms with Crippen LogP contribution in [-0.4, -0.2) is 26.2 Å². The molecule has 4 nitrogen and oxygen atoms in total. The van der Waals surface area contributed by atoms with E-state index in [1.807, 2.05) is 6.07 Å². The molecule has 0 atom stereocenters. The number of fused-ring (bicyclic) bond motifs is 1. The number of rotatable bonds is 1. The second-order valence-corrected chi connectivity index (χ2v) is 2.95. The molecular weight excluding hydrogens is 182 g/mol. The van der Waals surface area contributed by atoms with Crippen molar-refractivity contribution in [1.29, 1.82) is 0 Å². The average molecular weight is 193 g/mol. The van der Waals surface area contributed by atoms with Crippen LogP contribution in [0.3, 0.4) is 0 Å². The molecule has 0 saturated heterocycles. The monoisotopic (exact) mass is 193 g/mol. The minimum absolute atomic E-state index is 0.347. The van der Waals surface area contributed by atoms with Crippen molar-refractivity contribution in [1.82, 2.24) is 0 Å². The smallest absolute Gasteiger partial charge is 0.340 e. The Labute approximate surface area is 81.8 Å². The van der Waals surface area contributed by atoms with E-state index < -0.39 is 0 Å². The molecule has 0 fully saturated rings. The summed E-state index contributed by atoms with van der Waals surface area (Å²) in [5, 5.41) is 3.12. The van der Waals surface area contributed by atoms with Gasteiger partial charge in [-0.15, -0.1) is 0 Å². The predicted molar refractivity (Wildman–Crippen MR) is 51.8 cm³/mol. The first-order valence-corrected chi connectivity index (χ1v) is 4.41. The number of ether oxygens (including phenoxy) is 2. The van der Waals surface area contributed by atoms with Gasteiger partial charge < -0.3 is 14.8 Å². The van der Waals surface area contributed by atoms with E-state index in [4.69, 9.17) is 4.74 Å². The number of esters is 1. The molecule has 0 aromatic heterocycles. The van der Waals surface area contributed by atoms with Crippen molar-refractivity contribution in [3.05, 3.63) is 23.8 Å². The molecule has 1 aromatic carbocycles. The molecule has 2 rings (SSSR count). The van der Waals surface area contributed by atoms with Gasteiger partial charge in [0.1, 0.15) is 12.4 Å². The summed E-state index contributed by atoms with van der Waals surface area (Å²) in [5.41, 5.74) is 1.25. The lowest BCUT2D eigenvalue weighted by molar-refractivity contribution is 0.0601. The number of hydrogen-bond donors (Lipinski definition) is 1. The molecule has 1 aromatic rings. The lowest BCUT2D eigenvalue weighted by Gasteiger charge is -2.20. The Balaban J connectivity index is 2.45. The number of methoxy groups -OCH3 is 1. The van der Waals surface area contributed by atoms with Crippen molar-refractivity contribution in [3.8, 4) is 5.75 Å². The Morgan fingerprint density at radius 1 is 1.57 bits per heavy atom. The first-order chi connectivity index (χ1) is 6.83. The topological polar surface area (TPSA) is 47.6 Å². The van der Waals surface area contributed by atoms with Crippen LogP contribution in [0.5, 0.6) is 5.75 Å². The van der Waals surface area contributed by atoms with Gasteiger partial charge in [-0.05, 0) is 12.1 Å². The molecule has 14 heavy (non-hydrogen) atoms. The Morgan fingerprint density at radius 2 is 2.43 bits per heavy atom. The van der Waals surface area contributed by atoms with Crippen molar-refractivity contribution in [2.24, 2.45) is 0 Å². The van der Waals surface area contributed by atoms with Gasteiger partial charge in [0.15, 0.2) is 0 Å². The third-order valence-corrected chi connectivity index (χ3v) is 2.09. The zero-order chi connectivity index (χ0) is 9.97. The van der Waals surface area contributed by atoms with E-state index in [2.05, 4.69) is 10.1 Å². The molecule has 0 amide bonds. The van der Waals surface area contributed by atoms with Gasteiger partial charge in [0.05, 0.1) is 18.4 Å². The summed E-state index contributed by atoms with van der Waals surface area (Å²) in [4.78, 5) is 11.4. The van der Waals surface area contributed by atoms with Crippen molar-refractivity contribution in [2.75, 3.05) is 25.6 Å². The minimum Gasteiger partial charge on any atom is -0.490 e. The van der Waals surface area contributed by atoms with Crippen LogP contribution in [0.25, 0.3) is 0 Å². The highest BCUT2D eigenvalue weighted by Gasteiger charge is 2.18. The number of carbonyl (C=O) groups is 1. The molecule has 0 aliphatic carbocycles. The molecule has 0 radical (unpaired) electrons. The molecule has 1 heterocycles. The molecule has 74 valence electrons. The van der Waals surface area contributed by atoms with E-state index in [-0.39, 0.29) is 5.97 Å². The summed E-state index contributed by atoms with van der Waals surface area (Å²) in [7, 11) is 1.37. The van der Waals surface area contributed by atoms with Crippen LogP contribution in [0.1, 0.15) is 10.4 Å². The van der Waals surface area contributed by atoms with E-state index in [0.29, 0.717) is 24.5 Å². The number of carbonyl (C=O) groups excluding carboxylic acids is 1. The lowest BCUT2D eigenvalue weighted by atomic mass is 10.1. The largest absolute Gasteiger partial charge is 0.490 e. The van der Waals surface area contributed by atoms with Crippen LogP contribution in [0.15, 0.2) is 18.2 Å². The Morgan fingerprint density at radius 3 is 3.21 bits per heavy atom. The minimum atomic E-state index is -0.347. The third kappa shape index (κ3) is 1.39. The highest BCUT2D eigenvalue weighted by molar-refractivity contribution is 5.97. The normalized spacial score (nSPS) is 13.5. The van der Waals surface area contributed by atoms with Crippen LogP contribution < -0.4 is 10.1 Å². The van der Waals surface area contributed by atoms with Crippen LogP contribution in [0, 0.1) is 0 Å². The Hall–Kier alpha value is -1.71. The van der Waals surface area contributed by atoms with Gasteiger partial charge in [-0.2, -0.15) is 0 Å². The van der Waals surface area contributed by atoms with Gasteiger partial charge in [-0.1, -0.05) is 6.07 Å². The van der Waals surface area contributed by atoms with Gasteiger partial charge in [0.2, 0.25) is 0 Å². The number of hydrogen-bond acceptors (Lipinski definition) is 4. The molecule has 0 spiro atoms. The molecule has 1 aliphatic rings. The van der Waals surface area contributed by atoms with Gasteiger partial charge in [-0.3, -0.25) is 0 Å². The maximum absolute atomic E-state index is 11.4. The van der Waals surface area contributed by atoms with Crippen molar-refractivity contribution >= 4 is 11.7 Å². The second-order valence-electron chi connectivity index (χ2n) is 2.95. The summed E-state index contributed by atoms with van der Waals surface area (Å²) in [6.45, 7) is 1.33. The van der Waals surface area contributed by atoms with Gasteiger partial charge >= 0.3 is 5.97 Å². The van der Waals surface area contributed by atoms with E-state index in [0.717, 1.165) is 5.69 Å². The van der Waals surface area contributed by atoms with Crippen LogP contribution in [-0.2, 0) is 4.74 Å². The van der Waals surface area contributed by atoms with Crippen LogP contribution in [0.4, 0.5) is 5.69 Å². The molecule has 0 bridgehead atoms. The zero-order valence-electron chi connectivity index (χ0n) is 7.87. The molecule has 0 unspecified atom stereocenters. The van der Waals surface area contributed by atoms with Gasteiger partial charge in [0, 0.05) is 6.54 Å². The standard InChI is InChI=1S/C10H11NO3/c1-13-10(12)7-3-2-4-8-9(7)11-5-6-14-8/h2-4,11H,5-6H2,1H3. The molecule has 1 N–H and O–H groups in total.